The highest BCUT2D eigenvalue weighted by Crippen LogP contribution is 2.41. The average molecular weight is 440 g/mol. The van der Waals surface area contributed by atoms with E-state index in [1.165, 1.54) is 36.7 Å². The molecule has 1 saturated heterocycles. The summed E-state index contributed by atoms with van der Waals surface area (Å²) in [4.78, 5) is 27.3. The Kier molecular flexibility index (Phi) is 5.24. The molecule has 0 spiro atoms. The van der Waals surface area contributed by atoms with Gasteiger partial charge in [-0.05, 0) is 43.0 Å². The van der Waals surface area contributed by atoms with E-state index < -0.39 is 12.2 Å². The fourth-order valence-corrected chi connectivity index (χ4v) is 4.58. The summed E-state index contributed by atoms with van der Waals surface area (Å²) in [6.45, 7) is 0.548. The highest BCUT2D eigenvalue weighted by Gasteiger charge is 2.48. The van der Waals surface area contributed by atoms with Crippen LogP contribution < -0.4 is 4.74 Å². The maximum atomic E-state index is 14.7. The van der Waals surface area contributed by atoms with Gasteiger partial charge in [-0.25, -0.2) is 28.1 Å². The van der Waals surface area contributed by atoms with E-state index in [9.17, 15) is 18.0 Å². The van der Waals surface area contributed by atoms with Crippen molar-refractivity contribution in [3.8, 4) is 17.3 Å². The minimum atomic E-state index is -2.60. The molecule has 1 aromatic carbocycles. The number of piperidine rings is 1. The molecule has 164 valence electrons. The third kappa shape index (κ3) is 3.68. The van der Waals surface area contributed by atoms with E-state index in [4.69, 9.17) is 4.74 Å². The van der Waals surface area contributed by atoms with E-state index in [2.05, 4.69) is 15.0 Å². The van der Waals surface area contributed by atoms with Gasteiger partial charge in [-0.15, -0.1) is 0 Å². The van der Waals surface area contributed by atoms with Crippen LogP contribution in [0.5, 0.6) is 5.88 Å². The summed E-state index contributed by atoms with van der Waals surface area (Å²) < 4.78 is 46.1. The molecule has 2 fully saturated rings. The van der Waals surface area contributed by atoms with Crippen LogP contribution in [0.25, 0.3) is 11.4 Å². The number of hydrogen-bond donors (Lipinski definition) is 0. The second kappa shape index (κ2) is 8.22. The first-order valence-electron chi connectivity index (χ1n) is 10.3. The first kappa shape index (κ1) is 20.4. The van der Waals surface area contributed by atoms with Crippen molar-refractivity contribution in [3.63, 3.8) is 0 Å². The second-order valence-electron chi connectivity index (χ2n) is 7.98. The van der Waals surface area contributed by atoms with Gasteiger partial charge in [0.1, 0.15) is 11.9 Å². The van der Waals surface area contributed by atoms with Gasteiger partial charge in [-0.2, -0.15) is 0 Å². The lowest BCUT2D eigenvalue weighted by atomic mass is 10.0. The largest absolute Gasteiger partial charge is 0.472 e. The number of nitrogens with zero attached hydrogens (tertiary/aromatic N) is 4. The number of amides is 1. The molecule has 32 heavy (non-hydrogen) atoms. The number of alkyl halides is 2. The van der Waals surface area contributed by atoms with Crippen molar-refractivity contribution < 1.29 is 22.7 Å². The summed E-state index contributed by atoms with van der Waals surface area (Å²) in [5.41, 5.74) is 0.0911. The minimum Gasteiger partial charge on any atom is -0.472 e. The van der Waals surface area contributed by atoms with E-state index >= 15 is 0 Å². The fraction of sp³-hybridized carbons (Fsp3) is 0.304. The Morgan fingerprint density at radius 2 is 1.88 bits per heavy atom. The molecule has 2 aromatic heterocycles. The molecule has 3 atom stereocenters. The van der Waals surface area contributed by atoms with Crippen LogP contribution in [0.2, 0.25) is 0 Å². The molecule has 6 nitrogen and oxygen atoms in total. The first-order chi connectivity index (χ1) is 15.5. The molecule has 3 heterocycles. The molecule has 2 bridgehead atoms. The zero-order chi connectivity index (χ0) is 22.2. The fourth-order valence-electron chi connectivity index (χ4n) is 4.58. The molecule has 0 N–H and O–H groups in total. The van der Waals surface area contributed by atoms with Crippen LogP contribution in [-0.2, 0) is 0 Å². The van der Waals surface area contributed by atoms with Crippen LogP contribution in [0, 0.1) is 11.7 Å². The Labute approximate surface area is 182 Å². The molecule has 1 amide bonds. The summed E-state index contributed by atoms with van der Waals surface area (Å²) in [6.07, 6.45) is 2.68. The van der Waals surface area contributed by atoms with Crippen molar-refractivity contribution >= 4 is 5.91 Å². The van der Waals surface area contributed by atoms with Gasteiger partial charge in [0.2, 0.25) is 5.88 Å². The number of rotatable bonds is 5. The van der Waals surface area contributed by atoms with Crippen molar-refractivity contribution in [1.82, 2.24) is 19.9 Å². The standard InChI is InChI=1S/C23H19F3N4O2/c24-16-4-1-3-15(20(16)22-27-7-2-8-28-22)23(31)30-12-13-9-17(30)18(10-13)32-19-6-5-14(11-29-19)21(25)26/h1-8,11,13,17-18,21H,9-10,12H2. The van der Waals surface area contributed by atoms with E-state index in [0.29, 0.717) is 6.54 Å². The lowest BCUT2D eigenvalue weighted by Gasteiger charge is -2.33. The van der Waals surface area contributed by atoms with Gasteiger partial charge in [-0.3, -0.25) is 4.79 Å². The highest BCUT2D eigenvalue weighted by atomic mass is 19.3. The molecule has 1 aliphatic carbocycles. The number of hydrogen-bond acceptors (Lipinski definition) is 5. The second-order valence-corrected chi connectivity index (χ2v) is 7.98. The summed E-state index contributed by atoms with van der Waals surface area (Å²) in [5, 5.41) is 0. The van der Waals surface area contributed by atoms with E-state index in [-0.39, 0.29) is 52.4 Å². The summed E-state index contributed by atoms with van der Waals surface area (Å²) in [7, 11) is 0. The maximum Gasteiger partial charge on any atom is 0.265 e. The average Bonchev–Trinajstić information content (AvgIpc) is 3.40. The molecule has 1 aliphatic heterocycles. The number of likely N-dealkylation sites (tertiary alicyclic amines) is 1. The number of fused-ring (bicyclic) bond motifs is 2. The molecule has 9 heteroatoms. The summed E-state index contributed by atoms with van der Waals surface area (Å²) in [6, 6.07) is 8.44. The lowest BCUT2D eigenvalue weighted by molar-refractivity contribution is 0.0466. The van der Waals surface area contributed by atoms with Gasteiger partial charge in [0.15, 0.2) is 5.82 Å². The van der Waals surface area contributed by atoms with Crippen molar-refractivity contribution in [2.45, 2.75) is 31.4 Å². The Hall–Kier alpha value is -3.49. The monoisotopic (exact) mass is 440 g/mol. The minimum absolute atomic E-state index is 0.0718. The predicted octanol–water partition coefficient (Wildman–Crippen LogP) is 4.30. The highest BCUT2D eigenvalue weighted by molar-refractivity contribution is 6.00. The Bertz CT molecular complexity index is 1130. The number of aromatic nitrogens is 3. The van der Waals surface area contributed by atoms with E-state index in [1.807, 2.05) is 0 Å². The Morgan fingerprint density at radius 3 is 2.56 bits per heavy atom. The van der Waals surface area contributed by atoms with E-state index in [0.717, 1.165) is 19.0 Å². The van der Waals surface area contributed by atoms with Gasteiger partial charge < -0.3 is 9.64 Å². The smallest absolute Gasteiger partial charge is 0.265 e. The number of carbonyl (C=O) groups excluding carboxylic acids is 1. The predicted molar refractivity (Wildman–Crippen MR) is 109 cm³/mol. The number of benzene rings is 1. The third-order valence-electron chi connectivity index (χ3n) is 6.00. The van der Waals surface area contributed by atoms with Crippen LogP contribution in [0.1, 0.15) is 35.2 Å². The molecule has 5 rings (SSSR count). The van der Waals surface area contributed by atoms with E-state index in [1.54, 1.807) is 17.0 Å². The SMILES string of the molecule is O=C(c1cccc(F)c1-c1ncccn1)N1CC2CC(Oc3ccc(C(F)F)cn3)C1C2. The van der Waals surface area contributed by atoms with Crippen LogP contribution >= 0.6 is 0 Å². The first-order valence-corrected chi connectivity index (χ1v) is 10.3. The van der Waals surface area contributed by atoms with Crippen LogP contribution in [0.4, 0.5) is 13.2 Å². The Balaban J connectivity index is 1.39. The quantitative estimate of drug-likeness (QED) is 0.592. The van der Waals surface area contributed by atoms with Gasteiger partial charge in [0, 0.05) is 36.8 Å². The molecule has 1 saturated carbocycles. The lowest BCUT2D eigenvalue weighted by Crippen LogP contribution is -2.47. The Morgan fingerprint density at radius 1 is 1.06 bits per heavy atom. The van der Waals surface area contributed by atoms with Crippen molar-refractivity contribution in [2.24, 2.45) is 5.92 Å². The summed E-state index contributed by atoms with van der Waals surface area (Å²) in [5.74, 6) is -0.242. The third-order valence-corrected chi connectivity index (χ3v) is 6.00. The van der Waals surface area contributed by atoms with Crippen molar-refractivity contribution in [3.05, 3.63) is 71.9 Å². The number of ether oxygens (including phenoxy) is 1. The topological polar surface area (TPSA) is 68.2 Å². The van der Waals surface area contributed by atoms with Crippen LogP contribution in [-0.4, -0.2) is 44.4 Å². The van der Waals surface area contributed by atoms with Gasteiger partial charge >= 0.3 is 0 Å². The van der Waals surface area contributed by atoms with Gasteiger partial charge in [0.25, 0.3) is 12.3 Å². The normalized spacial score (nSPS) is 21.9. The summed E-state index contributed by atoms with van der Waals surface area (Å²) >= 11 is 0. The number of carbonyl (C=O) groups is 1. The van der Waals surface area contributed by atoms with Gasteiger partial charge in [-0.1, -0.05) is 6.07 Å². The zero-order valence-corrected chi connectivity index (χ0v) is 16.9. The number of halogens is 3. The van der Waals surface area contributed by atoms with Gasteiger partial charge in [0.05, 0.1) is 17.2 Å². The maximum absolute atomic E-state index is 14.7. The van der Waals surface area contributed by atoms with Crippen molar-refractivity contribution in [2.75, 3.05) is 6.54 Å². The molecule has 3 aromatic rings. The molecular formula is C23H19F3N4O2. The molecule has 2 aliphatic rings. The molecule has 3 unspecified atom stereocenters. The molecule has 0 radical (unpaired) electrons. The molecular weight excluding hydrogens is 421 g/mol. The van der Waals surface area contributed by atoms with Crippen LogP contribution in [0.3, 0.4) is 0 Å². The van der Waals surface area contributed by atoms with Crippen LogP contribution in [0.15, 0.2) is 55.0 Å². The number of pyridine rings is 1. The van der Waals surface area contributed by atoms with Crippen molar-refractivity contribution in [1.29, 1.82) is 0 Å². The zero-order valence-electron chi connectivity index (χ0n) is 16.9.